The molecule has 1 nitrogen and oxygen atoms in total. The van der Waals surface area contributed by atoms with E-state index in [2.05, 4.69) is 77.6 Å². The smallest absolute Gasteiger partial charge is 0.0231 e. The maximum absolute atomic E-state index is 3.67. The van der Waals surface area contributed by atoms with Crippen molar-refractivity contribution in [2.45, 2.75) is 36.6 Å². The predicted octanol–water partition coefficient (Wildman–Crippen LogP) is 5.41. The van der Waals surface area contributed by atoms with E-state index in [0.717, 1.165) is 13.1 Å². The molecule has 2 aromatic rings. The van der Waals surface area contributed by atoms with E-state index in [1.54, 1.807) is 11.8 Å². The lowest BCUT2D eigenvalue weighted by Crippen LogP contribution is -2.14. The highest BCUT2D eigenvalue weighted by molar-refractivity contribution is 9.10. The molecule has 0 atom stereocenters. The molecular weight excluding hydrogens is 330 g/mol. The van der Waals surface area contributed by atoms with Gasteiger partial charge in [-0.2, -0.15) is 0 Å². The molecule has 3 heteroatoms. The Labute approximate surface area is 134 Å². The molecule has 0 aromatic heterocycles. The molecule has 0 fully saturated rings. The number of aryl methyl sites for hydroxylation is 1. The van der Waals surface area contributed by atoms with Gasteiger partial charge in [-0.15, -0.1) is 0 Å². The number of hydrogen-bond donors (Lipinski definition) is 1. The van der Waals surface area contributed by atoms with E-state index in [0.29, 0.717) is 0 Å². The fourth-order valence-corrected chi connectivity index (χ4v) is 3.40. The second-order valence-corrected chi connectivity index (χ2v) is 6.85. The van der Waals surface area contributed by atoms with Gasteiger partial charge in [0.1, 0.15) is 0 Å². The van der Waals surface area contributed by atoms with Crippen molar-refractivity contribution in [3.05, 3.63) is 58.1 Å². The Kier molecular flexibility index (Phi) is 6.14. The van der Waals surface area contributed by atoms with Crippen molar-refractivity contribution in [1.29, 1.82) is 0 Å². The second-order valence-electron chi connectivity index (χ2n) is 4.85. The molecule has 0 radical (unpaired) electrons. The maximum atomic E-state index is 3.67. The van der Waals surface area contributed by atoms with Crippen LogP contribution in [0, 0.1) is 6.92 Å². The first kappa shape index (κ1) is 15.6. The van der Waals surface area contributed by atoms with Crippen molar-refractivity contribution in [3.63, 3.8) is 0 Å². The standard InChI is InChI=1S/C17H20BrNS/c1-3-10-19-12-14-6-9-16(11-17(14)18)20-15-7-4-13(2)5-8-15/h4-9,11,19H,3,10,12H2,1-2H3. The average Bonchev–Trinajstić information content (AvgIpc) is 2.44. The molecule has 0 aliphatic rings. The molecule has 0 amide bonds. The highest BCUT2D eigenvalue weighted by Gasteiger charge is 2.03. The van der Waals surface area contributed by atoms with Gasteiger partial charge in [-0.25, -0.2) is 0 Å². The van der Waals surface area contributed by atoms with E-state index < -0.39 is 0 Å². The fourth-order valence-electron chi connectivity index (χ4n) is 1.88. The molecule has 0 saturated carbocycles. The summed E-state index contributed by atoms with van der Waals surface area (Å²) < 4.78 is 1.18. The molecule has 0 unspecified atom stereocenters. The summed E-state index contributed by atoms with van der Waals surface area (Å²) in [7, 11) is 0. The first-order chi connectivity index (χ1) is 9.69. The van der Waals surface area contributed by atoms with Crippen molar-refractivity contribution in [3.8, 4) is 0 Å². The normalized spacial score (nSPS) is 10.8. The summed E-state index contributed by atoms with van der Waals surface area (Å²) in [5, 5.41) is 3.43. The van der Waals surface area contributed by atoms with Crippen LogP contribution in [0.1, 0.15) is 24.5 Å². The van der Waals surface area contributed by atoms with E-state index >= 15 is 0 Å². The quantitative estimate of drug-likeness (QED) is 0.699. The molecule has 0 heterocycles. The molecule has 2 rings (SSSR count). The minimum Gasteiger partial charge on any atom is -0.313 e. The zero-order valence-corrected chi connectivity index (χ0v) is 14.4. The maximum Gasteiger partial charge on any atom is 0.0231 e. The van der Waals surface area contributed by atoms with Gasteiger partial charge >= 0.3 is 0 Å². The van der Waals surface area contributed by atoms with E-state index in [-0.39, 0.29) is 0 Å². The van der Waals surface area contributed by atoms with Crippen molar-refractivity contribution >= 4 is 27.7 Å². The van der Waals surface area contributed by atoms with Gasteiger partial charge in [0.2, 0.25) is 0 Å². The Bertz CT molecular complexity index is 551. The van der Waals surface area contributed by atoms with Gasteiger partial charge in [0.15, 0.2) is 0 Å². The summed E-state index contributed by atoms with van der Waals surface area (Å²) in [4.78, 5) is 2.54. The van der Waals surface area contributed by atoms with Crippen LogP contribution in [0.5, 0.6) is 0 Å². The zero-order valence-electron chi connectivity index (χ0n) is 11.9. The van der Waals surface area contributed by atoms with E-state index in [4.69, 9.17) is 0 Å². The van der Waals surface area contributed by atoms with E-state index in [1.165, 1.54) is 31.8 Å². The summed E-state index contributed by atoms with van der Waals surface area (Å²) in [6.07, 6.45) is 1.17. The number of benzene rings is 2. The third-order valence-corrected chi connectivity index (χ3v) is 4.76. The van der Waals surface area contributed by atoms with Gasteiger partial charge in [-0.05, 0) is 49.7 Å². The molecule has 1 N–H and O–H groups in total. The van der Waals surface area contributed by atoms with Crippen LogP contribution in [0.2, 0.25) is 0 Å². The molecule has 106 valence electrons. The van der Waals surface area contributed by atoms with Gasteiger partial charge < -0.3 is 5.32 Å². The SMILES string of the molecule is CCCNCc1ccc(Sc2ccc(C)cc2)cc1Br. The van der Waals surface area contributed by atoms with Crippen LogP contribution < -0.4 is 5.32 Å². The van der Waals surface area contributed by atoms with Gasteiger partial charge in [0, 0.05) is 20.8 Å². The number of halogens is 1. The van der Waals surface area contributed by atoms with Crippen LogP contribution in [0.25, 0.3) is 0 Å². The lowest BCUT2D eigenvalue weighted by molar-refractivity contribution is 0.673. The van der Waals surface area contributed by atoms with Crippen LogP contribution in [-0.2, 0) is 6.54 Å². The Balaban J connectivity index is 2.03. The number of nitrogens with one attached hydrogen (secondary N) is 1. The fraction of sp³-hybridized carbons (Fsp3) is 0.294. The van der Waals surface area contributed by atoms with Crippen LogP contribution >= 0.6 is 27.7 Å². The van der Waals surface area contributed by atoms with E-state index in [1.807, 2.05) is 0 Å². The second kappa shape index (κ2) is 7.87. The molecule has 20 heavy (non-hydrogen) atoms. The molecule has 0 spiro atoms. The van der Waals surface area contributed by atoms with Crippen LogP contribution in [0.15, 0.2) is 56.7 Å². The average molecular weight is 350 g/mol. The minimum absolute atomic E-state index is 0.921. The summed E-state index contributed by atoms with van der Waals surface area (Å²) in [5.41, 5.74) is 2.61. The lowest BCUT2D eigenvalue weighted by atomic mass is 10.2. The third kappa shape index (κ3) is 4.65. The highest BCUT2D eigenvalue weighted by Crippen LogP contribution is 2.31. The molecule has 0 aliphatic carbocycles. The van der Waals surface area contributed by atoms with E-state index in [9.17, 15) is 0 Å². The molecule has 0 bridgehead atoms. The largest absolute Gasteiger partial charge is 0.313 e. The van der Waals surface area contributed by atoms with Gasteiger partial charge in [0.05, 0.1) is 0 Å². The van der Waals surface area contributed by atoms with Gasteiger partial charge in [0.25, 0.3) is 0 Å². The Morgan fingerprint density at radius 1 is 1.05 bits per heavy atom. The first-order valence-electron chi connectivity index (χ1n) is 6.92. The zero-order chi connectivity index (χ0) is 14.4. The molecule has 0 aliphatic heterocycles. The van der Waals surface area contributed by atoms with Crippen LogP contribution in [0.4, 0.5) is 0 Å². The molecule has 0 saturated heterocycles. The minimum atomic E-state index is 0.921. The summed E-state index contributed by atoms with van der Waals surface area (Å²) >= 11 is 5.47. The lowest BCUT2D eigenvalue weighted by Gasteiger charge is -2.08. The number of hydrogen-bond acceptors (Lipinski definition) is 2. The van der Waals surface area contributed by atoms with Crippen molar-refractivity contribution in [1.82, 2.24) is 5.32 Å². The monoisotopic (exact) mass is 349 g/mol. The summed E-state index contributed by atoms with van der Waals surface area (Å²) in [6, 6.07) is 15.2. The third-order valence-electron chi connectivity index (χ3n) is 3.02. The van der Waals surface area contributed by atoms with Gasteiger partial charge in [-0.3, -0.25) is 0 Å². The first-order valence-corrected chi connectivity index (χ1v) is 8.53. The Hall–Kier alpha value is -0.770. The Morgan fingerprint density at radius 3 is 2.40 bits per heavy atom. The molecule has 2 aromatic carbocycles. The Morgan fingerprint density at radius 2 is 1.75 bits per heavy atom. The van der Waals surface area contributed by atoms with Crippen molar-refractivity contribution in [2.75, 3.05) is 6.54 Å². The molecular formula is C17H20BrNS. The van der Waals surface area contributed by atoms with Crippen molar-refractivity contribution < 1.29 is 0 Å². The topological polar surface area (TPSA) is 12.0 Å². The number of rotatable bonds is 6. The summed E-state index contributed by atoms with van der Waals surface area (Å²) in [6.45, 7) is 6.28. The van der Waals surface area contributed by atoms with Gasteiger partial charge in [-0.1, -0.05) is 58.4 Å². The summed E-state index contributed by atoms with van der Waals surface area (Å²) in [5.74, 6) is 0. The predicted molar refractivity (Wildman–Crippen MR) is 91.4 cm³/mol. The van der Waals surface area contributed by atoms with Crippen molar-refractivity contribution in [2.24, 2.45) is 0 Å². The van der Waals surface area contributed by atoms with Crippen LogP contribution in [0.3, 0.4) is 0 Å². The highest BCUT2D eigenvalue weighted by atomic mass is 79.9. The van der Waals surface area contributed by atoms with Crippen LogP contribution in [-0.4, -0.2) is 6.54 Å².